The lowest BCUT2D eigenvalue weighted by molar-refractivity contribution is -0.132. The molecule has 0 radical (unpaired) electrons. The van der Waals surface area contributed by atoms with Crippen molar-refractivity contribution < 1.29 is 4.79 Å². The molecule has 0 aromatic heterocycles. The van der Waals surface area contributed by atoms with Gasteiger partial charge in [0.1, 0.15) is 0 Å². The standard InChI is InChI=1S/C11H18N2O/c1-9(14)13-8-10(2,3)7-11(13,4)5-6-12/h5,7-8H2,1-4H3/t11-/m1/s1. The first-order valence-corrected chi connectivity index (χ1v) is 4.96. The van der Waals surface area contributed by atoms with Crippen LogP contribution in [0.15, 0.2) is 0 Å². The molecule has 3 nitrogen and oxygen atoms in total. The van der Waals surface area contributed by atoms with E-state index in [4.69, 9.17) is 5.26 Å². The van der Waals surface area contributed by atoms with Crippen molar-refractivity contribution in [2.75, 3.05) is 6.54 Å². The van der Waals surface area contributed by atoms with E-state index in [1.54, 1.807) is 6.92 Å². The highest BCUT2D eigenvalue weighted by molar-refractivity contribution is 5.74. The minimum atomic E-state index is -0.260. The second-order valence-corrected chi connectivity index (χ2v) is 5.28. The third-order valence-corrected chi connectivity index (χ3v) is 2.94. The van der Waals surface area contributed by atoms with E-state index in [0.29, 0.717) is 6.42 Å². The highest BCUT2D eigenvalue weighted by Crippen LogP contribution is 2.42. The molecule has 0 aliphatic carbocycles. The highest BCUT2D eigenvalue weighted by Gasteiger charge is 2.46. The Balaban J connectivity index is 2.94. The summed E-state index contributed by atoms with van der Waals surface area (Å²) in [5, 5.41) is 8.77. The number of nitriles is 1. The summed E-state index contributed by atoms with van der Waals surface area (Å²) in [6.45, 7) is 8.64. The highest BCUT2D eigenvalue weighted by atomic mass is 16.2. The van der Waals surface area contributed by atoms with E-state index >= 15 is 0 Å². The summed E-state index contributed by atoms with van der Waals surface area (Å²) >= 11 is 0. The number of carbonyl (C=O) groups is 1. The van der Waals surface area contributed by atoms with Gasteiger partial charge in [-0.3, -0.25) is 4.79 Å². The number of hydrogen-bond acceptors (Lipinski definition) is 2. The summed E-state index contributed by atoms with van der Waals surface area (Å²) in [5.41, 5.74) is -0.124. The Labute approximate surface area is 85.7 Å². The summed E-state index contributed by atoms with van der Waals surface area (Å²) in [4.78, 5) is 13.3. The molecule has 0 unspecified atom stereocenters. The van der Waals surface area contributed by atoms with E-state index in [1.165, 1.54) is 0 Å². The lowest BCUT2D eigenvalue weighted by Crippen LogP contribution is -2.43. The zero-order valence-corrected chi connectivity index (χ0v) is 9.42. The molecule has 0 saturated carbocycles. The van der Waals surface area contributed by atoms with Gasteiger partial charge in [0.25, 0.3) is 0 Å². The fraction of sp³-hybridized carbons (Fsp3) is 0.818. The fourth-order valence-electron chi connectivity index (χ4n) is 2.62. The molecule has 1 heterocycles. The summed E-state index contributed by atoms with van der Waals surface area (Å²) in [6.07, 6.45) is 1.34. The van der Waals surface area contributed by atoms with Crippen molar-refractivity contribution >= 4 is 5.91 Å². The number of likely N-dealkylation sites (tertiary alicyclic amines) is 1. The Morgan fingerprint density at radius 3 is 2.50 bits per heavy atom. The molecule has 78 valence electrons. The maximum atomic E-state index is 11.4. The van der Waals surface area contributed by atoms with E-state index in [-0.39, 0.29) is 16.9 Å². The van der Waals surface area contributed by atoms with Crippen molar-refractivity contribution in [3.05, 3.63) is 0 Å². The molecule has 3 heteroatoms. The zero-order valence-electron chi connectivity index (χ0n) is 9.42. The van der Waals surface area contributed by atoms with Crippen LogP contribution in [0.25, 0.3) is 0 Å². The molecule has 1 fully saturated rings. The maximum Gasteiger partial charge on any atom is 0.219 e. The first-order chi connectivity index (χ1) is 6.31. The van der Waals surface area contributed by atoms with Gasteiger partial charge in [-0.2, -0.15) is 5.26 Å². The Hall–Kier alpha value is -1.04. The van der Waals surface area contributed by atoms with E-state index < -0.39 is 0 Å². The molecule has 0 bridgehead atoms. The van der Waals surface area contributed by atoms with Crippen LogP contribution in [0.5, 0.6) is 0 Å². The molecular weight excluding hydrogens is 176 g/mol. The number of carbonyl (C=O) groups excluding carboxylic acids is 1. The van der Waals surface area contributed by atoms with Gasteiger partial charge < -0.3 is 4.90 Å². The molecule has 1 aliphatic rings. The van der Waals surface area contributed by atoms with Gasteiger partial charge in [0.15, 0.2) is 0 Å². The Morgan fingerprint density at radius 2 is 2.07 bits per heavy atom. The van der Waals surface area contributed by atoms with E-state index in [0.717, 1.165) is 13.0 Å². The smallest absolute Gasteiger partial charge is 0.219 e. The average Bonchev–Trinajstić information content (AvgIpc) is 2.21. The Kier molecular flexibility index (Phi) is 2.58. The summed E-state index contributed by atoms with van der Waals surface area (Å²) in [5.74, 6) is 0.0772. The molecule has 1 amide bonds. The monoisotopic (exact) mass is 194 g/mol. The Bertz CT molecular complexity index is 290. The molecule has 1 saturated heterocycles. The van der Waals surface area contributed by atoms with Gasteiger partial charge in [-0.1, -0.05) is 13.8 Å². The lowest BCUT2D eigenvalue weighted by atomic mass is 9.83. The summed E-state index contributed by atoms with van der Waals surface area (Å²) in [6, 6.07) is 2.18. The van der Waals surface area contributed by atoms with Gasteiger partial charge in [-0.05, 0) is 18.8 Å². The molecular formula is C11H18N2O. The summed E-state index contributed by atoms with van der Waals surface area (Å²) < 4.78 is 0. The van der Waals surface area contributed by atoms with Gasteiger partial charge in [-0.25, -0.2) is 0 Å². The van der Waals surface area contributed by atoms with E-state index in [2.05, 4.69) is 19.9 Å². The van der Waals surface area contributed by atoms with Crippen LogP contribution >= 0.6 is 0 Å². The predicted octanol–water partition coefficient (Wildman–Crippen LogP) is 1.94. The van der Waals surface area contributed by atoms with Crippen molar-refractivity contribution in [3.8, 4) is 6.07 Å². The maximum absolute atomic E-state index is 11.4. The van der Waals surface area contributed by atoms with Crippen LogP contribution in [0.4, 0.5) is 0 Å². The third kappa shape index (κ3) is 1.89. The van der Waals surface area contributed by atoms with Gasteiger partial charge in [0, 0.05) is 13.5 Å². The second-order valence-electron chi connectivity index (χ2n) is 5.28. The van der Waals surface area contributed by atoms with E-state index in [1.807, 2.05) is 11.8 Å². The largest absolute Gasteiger partial charge is 0.336 e. The molecule has 1 rings (SSSR count). The van der Waals surface area contributed by atoms with Crippen molar-refractivity contribution in [2.45, 2.75) is 46.1 Å². The van der Waals surface area contributed by atoms with Gasteiger partial charge in [0.2, 0.25) is 5.91 Å². The van der Waals surface area contributed by atoms with Crippen LogP contribution in [-0.4, -0.2) is 22.9 Å². The van der Waals surface area contributed by atoms with Crippen LogP contribution in [0.1, 0.15) is 40.5 Å². The average molecular weight is 194 g/mol. The van der Waals surface area contributed by atoms with Crippen LogP contribution in [0.2, 0.25) is 0 Å². The molecule has 0 aromatic rings. The molecule has 0 spiro atoms. The molecule has 14 heavy (non-hydrogen) atoms. The van der Waals surface area contributed by atoms with Gasteiger partial charge in [-0.15, -0.1) is 0 Å². The molecule has 1 aliphatic heterocycles. The van der Waals surface area contributed by atoms with Crippen molar-refractivity contribution in [2.24, 2.45) is 5.41 Å². The minimum absolute atomic E-state index is 0.0772. The lowest BCUT2D eigenvalue weighted by Gasteiger charge is -2.32. The SMILES string of the molecule is CC(=O)N1CC(C)(C)C[C@@]1(C)CC#N. The van der Waals surface area contributed by atoms with Crippen LogP contribution in [0, 0.1) is 16.7 Å². The first kappa shape index (κ1) is 11.0. The van der Waals surface area contributed by atoms with Gasteiger partial charge in [0.05, 0.1) is 18.0 Å². The topological polar surface area (TPSA) is 44.1 Å². The van der Waals surface area contributed by atoms with Crippen LogP contribution < -0.4 is 0 Å². The number of hydrogen-bond donors (Lipinski definition) is 0. The minimum Gasteiger partial charge on any atom is -0.336 e. The van der Waals surface area contributed by atoms with Gasteiger partial charge >= 0.3 is 0 Å². The van der Waals surface area contributed by atoms with Crippen molar-refractivity contribution in [1.29, 1.82) is 5.26 Å². The number of rotatable bonds is 1. The quantitative estimate of drug-likeness (QED) is 0.640. The van der Waals surface area contributed by atoms with Crippen molar-refractivity contribution in [3.63, 3.8) is 0 Å². The fourth-order valence-corrected chi connectivity index (χ4v) is 2.62. The predicted molar refractivity (Wildman–Crippen MR) is 54.4 cm³/mol. The Morgan fingerprint density at radius 1 is 1.50 bits per heavy atom. The molecule has 0 N–H and O–H groups in total. The molecule has 0 aromatic carbocycles. The van der Waals surface area contributed by atoms with Crippen LogP contribution in [-0.2, 0) is 4.79 Å². The molecule has 1 atom stereocenters. The van der Waals surface area contributed by atoms with E-state index in [9.17, 15) is 4.79 Å². The first-order valence-electron chi connectivity index (χ1n) is 4.96. The van der Waals surface area contributed by atoms with Crippen molar-refractivity contribution in [1.82, 2.24) is 4.90 Å². The van der Waals surface area contributed by atoms with Crippen LogP contribution in [0.3, 0.4) is 0 Å². The normalized spacial score (nSPS) is 30.1. The summed E-state index contributed by atoms with van der Waals surface area (Å²) in [7, 11) is 0. The zero-order chi connectivity index (χ0) is 11.0. The third-order valence-electron chi connectivity index (χ3n) is 2.94. The number of nitrogens with zero attached hydrogens (tertiary/aromatic N) is 2. The second kappa shape index (κ2) is 3.27. The number of amides is 1.